The van der Waals surface area contributed by atoms with Gasteiger partial charge < -0.3 is 4.90 Å². The molecule has 160 valence electrons. The smallest absolute Gasteiger partial charge is 0.263 e. The van der Waals surface area contributed by atoms with Gasteiger partial charge in [0.2, 0.25) is 5.91 Å². The van der Waals surface area contributed by atoms with Gasteiger partial charge in [0.15, 0.2) is 5.16 Å². The molecule has 0 aliphatic heterocycles. The van der Waals surface area contributed by atoms with Gasteiger partial charge in [0, 0.05) is 23.0 Å². The minimum Gasteiger partial charge on any atom is -0.337 e. The maximum atomic E-state index is 13.5. The lowest BCUT2D eigenvalue weighted by Gasteiger charge is -2.33. The number of amides is 1. The van der Waals surface area contributed by atoms with Crippen LogP contribution in [0.1, 0.15) is 76.8 Å². The van der Waals surface area contributed by atoms with E-state index >= 15 is 0 Å². The summed E-state index contributed by atoms with van der Waals surface area (Å²) in [5.74, 6) is 0.103. The Morgan fingerprint density at radius 3 is 2.28 bits per heavy atom. The van der Waals surface area contributed by atoms with Crippen molar-refractivity contribution >= 4 is 39.2 Å². The zero-order valence-corrected chi connectivity index (χ0v) is 20.2. The maximum Gasteiger partial charge on any atom is 0.263 e. The number of thioether (sulfide) groups is 1. The summed E-state index contributed by atoms with van der Waals surface area (Å²) in [6.07, 6.45) is 4.30. The molecule has 2 aromatic heterocycles. The van der Waals surface area contributed by atoms with Crippen molar-refractivity contribution in [2.24, 2.45) is 0 Å². The number of rotatable bonds is 6. The van der Waals surface area contributed by atoms with E-state index in [1.165, 1.54) is 11.8 Å². The highest BCUT2D eigenvalue weighted by molar-refractivity contribution is 8.00. The second-order valence-electron chi connectivity index (χ2n) is 8.66. The molecule has 1 unspecified atom stereocenters. The van der Waals surface area contributed by atoms with Crippen LogP contribution in [0.5, 0.6) is 0 Å². The average molecular weight is 436 g/mol. The van der Waals surface area contributed by atoms with Crippen molar-refractivity contribution in [2.45, 2.75) is 103 Å². The normalized spacial score (nSPS) is 16.3. The van der Waals surface area contributed by atoms with Crippen LogP contribution in [0, 0.1) is 13.8 Å². The summed E-state index contributed by atoms with van der Waals surface area (Å²) in [4.78, 5) is 35.4. The third-order valence-electron chi connectivity index (χ3n) is 5.89. The number of hydrogen-bond acceptors (Lipinski definition) is 5. The van der Waals surface area contributed by atoms with E-state index in [2.05, 4.69) is 0 Å². The monoisotopic (exact) mass is 435 g/mol. The second kappa shape index (κ2) is 8.80. The second-order valence-corrected chi connectivity index (χ2v) is 11.2. The van der Waals surface area contributed by atoms with Crippen LogP contribution in [0.3, 0.4) is 0 Å². The molecule has 3 rings (SSSR count). The molecule has 2 heterocycles. The third-order valence-corrected chi connectivity index (χ3v) is 8.04. The summed E-state index contributed by atoms with van der Waals surface area (Å²) >= 11 is 3.02. The highest BCUT2D eigenvalue weighted by Crippen LogP contribution is 2.36. The highest BCUT2D eigenvalue weighted by atomic mass is 32.2. The zero-order chi connectivity index (χ0) is 21.5. The summed E-state index contributed by atoms with van der Waals surface area (Å²) in [7, 11) is 0. The van der Waals surface area contributed by atoms with E-state index in [0.717, 1.165) is 46.3 Å². The van der Waals surface area contributed by atoms with Crippen molar-refractivity contribution in [1.29, 1.82) is 0 Å². The van der Waals surface area contributed by atoms with Gasteiger partial charge in [-0.3, -0.25) is 14.2 Å². The van der Waals surface area contributed by atoms with Gasteiger partial charge >= 0.3 is 0 Å². The molecule has 0 radical (unpaired) electrons. The number of fused-ring (bicyclic) bond motifs is 1. The fourth-order valence-electron chi connectivity index (χ4n) is 4.38. The first-order chi connectivity index (χ1) is 13.6. The molecule has 0 N–H and O–H groups in total. The summed E-state index contributed by atoms with van der Waals surface area (Å²) in [6, 6.07) is 0.469. The lowest BCUT2D eigenvalue weighted by molar-refractivity contribution is -0.133. The number of carbonyl (C=O) groups is 1. The Morgan fingerprint density at radius 1 is 1.14 bits per heavy atom. The van der Waals surface area contributed by atoms with Crippen LogP contribution in [0.25, 0.3) is 10.2 Å². The zero-order valence-electron chi connectivity index (χ0n) is 18.6. The Kier molecular flexibility index (Phi) is 6.78. The molecule has 1 amide bonds. The van der Waals surface area contributed by atoms with Gasteiger partial charge in [-0.1, -0.05) is 24.6 Å². The number of nitrogens with zero attached hydrogens (tertiary/aromatic N) is 3. The van der Waals surface area contributed by atoms with Crippen molar-refractivity contribution in [1.82, 2.24) is 14.5 Å². The predicted octanol–water partition coefficient (Wildman–Crippen LogP) is 5.32. The van der Waals surface area contributed by atoms with Gasteiger partial charge in [-0.25, -0.2) is 4.98 Å². The Labute approximate surface area is 181 Å². The molecule has 1 aliphatic carbocycles. The summed E-state index contributed by atoms with van der Waals surface area (Å²) < 4.78 is 1.90. The fourth-order valence-corrected chi connectivity index (χ4v) is 6.48. The van der Waals surface area contributed by atoms with Gasteiger partial charge in [-0.15, -0.1) is 11.3 Å². The van der Waals surface area contributed by atoms with E-state index in [0.29, 0.717) is 5.16 Å². The Morgan fingerprint density at radius 2 is 1.72 bits per heavy atom. The number of hydrogen-bond donors (Lipinski definition) is 0. The Balaban J connectivity index is 2.05. The summed E-state index contributed by atoms with van der Waals surface area (Å²) in [6.45, 7) is 14.2. The predicted molar refractivity (Wildman–Crippen MR) is 123 cm³/mol. The number of aromatic nitrogens is 2. The van der Waals surface area contributed by atoms with E-state index in [-0.39, 0.29) is 34.8 Å². The lowest BCUT2D eigenvalue weighted by Crippen LogP contribution is -2.45. The molecule has 1 aliphatic rings. The van der Waals surface area contributed by atoms with Gasteiger partial charge in [0.25, 0.3) is 5.56 Å². The number of thiophene rings is 1. The SMILES string of the molecule is Cc1sc2nc(SC(C)C(=O)N(C(C)C)C(C)C)n(C3CCCC3)c(=O)c2c1C. The van der Waals surface area contributed by atoms with Crippen LogP contribution in [-0.4, -0.2) is 37.7 Å². The van der Waals surface area contributed by atoms with E-state index in [9.17, 15) is 9.59 Å². The van der Waals surface area contributed by atoms with Crippen LogP contribution in [0.2, 0.25) is 0 Å². The van der Waals surface area contributed by atoms with E-state index in [1.54, 1.807) is 11.3 Å². The summed E-state index contributed by atoms with van der Waals surface area (Å²) in [5, 5.41) is 1.16. The molecule has 0 spiro atoms. The molecule has 2 aromatic rings. The van der Waals surface area contributed by atoms with Crippen molar-refractivity contribution in [3.8, 4) is 0 Å². The molecule has 0 bridgehead atoms. The van der Waals surface area contributed by atoms with Crippen LogP contribution >= 0.6 is 23.1 Å². The first-order valence-corrected chi connectivity index (χ1v) is 12.3. The molecule has 0 aromatic carbocycles. The largest absolute Gasteiger partial charge is 0.337 e. The van der Waals surface area contributed by atoms with Crippen molar-refractivity contribution in [3.05, 3.63) is 20.8 Å². The Hall–Kier alpha value is -1.34. The quantitative estimate of drug-likeness (QED) is 0.455. The molecule has 0 saturated heterocycles. The number of aryl methyl sites for hydroxylation is 2. The van der Waals surface area contributed by atoms with Gasteiger partial charge in [-0.05, 0) is 66.9 Å². The standard InChI is InChI=1S/C22H33N3O2S2/c1-12(2)24(13(3)4)20(26)16(7)29-22-23-19-18(14(5)15(6)28-19)21(27)25(22)17-10-8-9-11-17/h12-13,16-17H,8-11H2,1-7H3. The molecular weight excluding hydrogens is 402 g/mol. The highest BCUT2D eigenvalue weighted by Gasteiger charge is 2.30. The molecule has 29 heavy (non-hydrogen) atoms. The molecule has 1 atom stereocenters. The summed E-state index contributed by atoms with van der Waals surface area (Å²) in [5.41, 5.74) is 1.11. The van der Waals surface area contributed by atoms with Gasteiger partial charge in [0.1, 0.15) is 4.83 Å². The first kappa shape index (κ1) is 22.3. The van der Waals surface area contributed by atoms with Crippen LogP contribution in [-0.2, 0) is 4.79 Å². The van der Waals surface area contributed by atoms with Crippen molar-refractivity contribution in [2.75, 3.05) is 0 Å². The van der Waals surface area contributed by atoms with E-state index in [1.807, 2.05) is 57.9 Å². The Bertz CT molecular complexity index is 947. The molecule has 5 nitrogen and oxygen atoms in total. The maximum absolute atomic E-state index is 13.5. The van der Waals surface area contributed by atoms with Crippen LogP contribution < -0.4 is 5.56 Å². The third kappa shape index (κ3) is 4.26. The minimum atomic E-state index is -0.293. The topological polar surface area (TPSA) is 55.2 Å². The molecule has 7 heteroatoms. The van der Waals surface area contributed by atoms with Crippen LogP contribution in [0.15, 0.2) is 9.95 Å². The molecule has 1 saturated carbocycles. The van der Waals surface area contributed by atoms with Crippen LogP contribution in [0.4, 0.5) is 0 Å². The molecular formula is C22H33N3O2S2. The first-order valence-electron chi connectivity index (χ1n) is 10.6. The van der Waals surface area contributed by atoms with Crippen molar-refractivity contribution < 1.29 is 4.79 Å². The fraction of sp³-hybridized carbons (Fsp3) is 0.682. The number of carbonyl (C=O) groups excluding carboxylic acids is 1. The van der Waals surface area contributed by atoms with Gasteiger partial charge in [-0.2, -0.15) is 0 Å². The minimum absolute atomic E-state index is 0.0653. The van der Waals surface area contributed by atoms with E-state index in [4.69, 9.17) is 4.98 Å². The lowest BCUT2D eigenvalue weighted by atomic mass is 10.2. The van der Waals surface area contributed by atoms with Gasteiger partial charge in [0.05, 0.1) is 10.6 Å². The van der Waals surface area contributed by atoms with Crippen molar-refractivity contribution in [3.63, 3.8) is 0 Å². The molecule has 1 fully saturated rings. The van der Waals surface area contributed by atoms with E-state index < -0.39 is 0 Å². The average Bonchev–Trinajstić information content (AvgIpc) is 3.23.